The van der Waals surface area contributed by atoms with Crippen molar-refractivity contribution >= 4 is 27.2 Å². The lowest BCUT2D eigenvalue weighted by molar-refractivity contribution is 0.638. The van der Waals surface area contributed by atoms with Gasteiger partial charge in [-0.25, -0.2) is 4.98 Å². The van der Waals surface area contributed by atoms with Gasteiger partial charge in [-0.05, 0) is 23.9 Å². The van der Waals surface area contributed by atoms with Crippen LogP contribution in [0.3, 0.4) is 0 Å². The van der Waals surface area contributed by atoms with E-state index in [2.05, 4.69) is 44.0 Å². The van der Waals surface area contributed by atoms with Gasteiger partial charge < -0.3 is 9.47 Å². The Morgan fingerprint density at radius 3 is 3.11 bits per heavy atom. The molecule has 0 spiro atoms. The zero-order valence-electron chi connectivity index (χ0n) is 10.9. The number of nitrogens with zero attached hydrogens (tertiary/aromatic N) is 4. The third kappa shape index (κ3) is 2.61. The molecule has 0 aromatic carbocycles. The van der Waals surface area contributed by atoms with E-state index in [0.29, 0.717) is 0 Å². The van der Waals surface area contributed by atoms with E-state index in [1.54, 1.807) is 11.3 Å². The lowest BCUT2D eigenvalue weighted by Crippen LogP contribution is -2.19. The van der Waals surface area contributed by atoms with E-state index in [-0.39, 0.29) is 0 Å². The van der Waals surface area contributed by atoms with Crippen LogP contribution >= 0.6 is 11.3 Å². The second-order valence-corrected chi connectivity index (χ2v) is 5.46. The summed E-state index contributed by atoms with van der Waals surface area (Å²) in [5.74, 6) is 0. The topological polar surface area (TPSA) is 34.0 Å². The molecule has 0 amide bonds. The second-order valence-electron chi connectivity index (χ2n) is 4.54. The summed E-state index contributed by atoms with van der Waals surface area (Å²) in [6, 6.07) is 4.17. The van der Waals surface area contributed by atoms with Crippen LogP contribution in [0, 0.1) is 0 Å². The average molecular weight is 272 g/mol. The monoisotopic (exact) mass is 272 g/mol. The van der Waals surface area contributed by atoms with Crippen molar-refractivity contribution in [3.8, 4) is 0 Å². The molecule has 0 atom stereocenters. The van der Waals surface area contributed by atoms with Crippen molar-refractivity contribution < 1.29 is 0 Å². The van der Waals surface area contributed by atoms with Crippen LogP contribution in [-0.2, 0) is 6.54 Å². The molecule has 3 aromatic rings. The standard InChI is InChI=1S/C14H16N4S/c1-17(7-2-8-18-9-6-15-11-18)13-3-5-16-12-4-10-19-14(12)13/h3-6,9-11H,2,7-8H2,1H3. The third-order valence-electron chi connectivity index (χ3n) is 3.20. The van der Waals surface area contributed by atoms with Gasteiger partial charge in [-0.1, -0.05) is 0 Å². The fraction of sp³-hybridized carbons (Fsp3) is 0.286. The molecule has 5 heteroatoms. The number of thiophene rings is 1. The molecule has 0 radical (unpaired) electrons. The summed E-state index contributed by atoms with van der Waals surface area (Å²) in [7, 11) is 2.14. The van der Waals surface area contributed by atoms with E-state index >= 15 is 0 Å². The fourth-order valence-electron chi connectivity index (χ4n) is 2.19. The first-order chi connectivity index (χ1) is 9.34. The number of hydrogen-bond acceptors (Lipinski definition) is 4. The Morgan fingerprint density at radius 2 is 2.26 bits per heavy atom. The van der Waals surface area contributed by atoms with E-state index in [0.717, 1.165) is 25.0 Å². The maximum Gasteiger partial charge on any atom is 0.0945 e. The minimum Gasteiger partial charge on any atom is -0.373 e. The quantitative estimate of drug-likeness (QED) is 0.716. The molecule has 0 aliphatic heterocycles. The Hall–Kier alpha value is -1.88. The Bertz CT molecular complexity index is 644. The first-order valence-corrected chi connectivity index (χ1v) is 7.21. The molecule has 0 bridgehead atoms. The van der Waals surface area contributed by atoms with Crippen LogP contribution in [0.2, 0.25) is 0 Å². The van der Waals surface area contributed by atoms with Gasteiger partial charge in [0, 0.05) is 38.7 Å². The SMILES string of the molecule is CN(CCCn1ccnc1)c1ccnc2ccsc12. The number of anilines is 1. The Labute approximate surface area is 116 Å². The molecule has 0 aliphatic rings. The smallest absolute Gasteiger partial charge is 0.0945 e. The van der Waals surface area contributed by atoms with Gasteiger partial charge in [0.05, 0.1) is 22.2 Å². The Morgan fingerprint density at radius 1 is 1.32 bits per heavy atom. The summed E-state index contributed by atoms with van der Waals surface area (Å²) >= 11 is 1.75. The number of hydrogen-bond donors (Lipinski definition) is 0. The molecule has 98 valence electrons. The zero-order valence-corrected chi connectivity index (χ0v) is 11.7. The lowest BCUT2D eigenvalue weighted by atomic mass is 10.3. The van der Waals surface area contributed by atoms with Gasteiger partial charge in [0.2, 0.25) is 0 Å². The molecule has 3 aromatic heterocycles. The summed E-state index contributed by atoms with van der Waals surface area (Å²) < 4.78 is 3.38. The van der Waals surface area contributed by atoms with E-state index in [1.807, 2.05) is 24.9 Å². The highest BCUT2D eigenvalue weighted by Gasteiger charge is 2.07. The van der Waals surface area contributed by atoms with Crippen molar-refractivity contribution in [2.45, 2.75) is 13.0 Å². The van der Waals surface area contributed by atoms with Gasteiger partial charge in [-0.2, -0.15) is 0 Å². The van der Waals surface area contributed by atoms with Gasteiger partial charge in [0.1, 0.15) is 0 Å². The highest BCUT2D eigenvalue weighted by Crippen LogP contribution is 2.29. The number of rotatable bonds is 5. The Kier molecular flexibility index (Phi) is 3.46. The molecule has 0 saturated heterocycles. The van der Waals surface area contributed by atoms with Gasteiger partial charge in [-0.3, -0.25) is 4.98 Å². The number of aryl methyl sites for hydroxylation is 1. The number of fused-ring (bicyclic) bond motifs is 1. The van der Waals surface area contributed by atoms with Crippen LogP contribution in [0.5, 0.6) is 0 Å². The number of pyridine rings is 1. The molecule has 3 heterocycles. The van der Waals surface area contributed by atoms with Crippen LogP contribution in [0.4, 0.5) is 5.69 Å². The second kappa shape index (κ2) is 5.40. The minimum atomic E-state index is 1.00. The Balaban J connectivity index is 1.66. The van der Waals surface area contributed by atoms with Crippen LogP contribution < -0.4 is 4.90 Å². The van der Waals surface area contributed by atoms with Gasteiger partial charge in [0.15, 0.2) is 0 Å². The van der Waals surface area contributed by atoms with Crippen molar-refractivity contribution in [2.24, 2.45) is 0 Å². The predicted octanol–water partition coefficient (Wildman–Crippen LogP) is 3.02. The summed E-state index contributed by atoms with van der Waals surface area (Å²) in [6.07, 6.45) is 8.67. The number of aromatic nitrogens is 3. The van der Waals surface area contributed by atoms with Crippen molar-refractivity contribution in [3.63, 3.8) is 0 Å². The largest absolute Gasteiger partial charge is 0.373 e. The summed E-state index contributed by atoms with van der Waals surface area (Å²) in [4.78, 5) is 10.7. The van der Waals surface area contributed by atoms with Gasteiger partial charge in [-0.15, -0.1) is 11.3 Å². The molecule has 0 unspecified atom stereocenters. The highest BCUT2D eigenvalue weighted by molar-refractivity contribution is 7.17. The van der Waals surface area contributed by atoms with Crippen molar-refractivity contribution in [1.29, 1.82) is 0 Å². The molecule has 0 aliphatic carbocycles. The number of imidazole rings is 1. The minimum absolute atomic E-state index is 1.00. The maximum absolute atomic E-state index is 4.38. The van der Waals surface area contributed by atoms with Crippen molar-refractivity contribution in [1.82, 2.24) is 14.5 Å². The summed E-state index contributed by atoms with van der Waals surface area (Å²) in [6.45, 7) is 2.03. The first-order valence-electron chi connectivity index (χ1n) is 6.34. The fourth-order valence-corrected chi connectivity index (χ4v) is 3.11. The van der Waals surface area contributed by atoms with Crippen LogP contribution in [0.1, 0.15) is 6.42 Å². The molecule has 0 N–H and O–H groups in total. The van der Waals surface area contributed by atoms with Crippen molar-refractivity contribution in [3.05, 3.63) is 42.4 Å². The molecular weight excluding hydrogens is 256 g/mol. The predicted molar refractivity (Wildman–Crippen MR) is 79.7 cm³/mol. The van der Waals surface area contributed by atoms with Crippen LogP contribution in [0.25, 0.3) is 10.2 Å². The van der Waals surface area contributed by atoms with Crippen LogP contribution in [0.15, 0.2) is 42.4 Å². The van der Waals surface area contributed by atoms with Gasteiger partial charge in [0.25, 0.3) is 0 Å². The van der Waals surface area contributed by atoms with Crippen molar-refractivity contribution in [2.75, 3.05) is 18.5 Å². The molecule has 0 fully saturated rings. The normalized spacial score (nSPS) is 11.0. The molecule has 19 heavy (non-hydrogen) atoms. The molecular formula is C14H16N4S. The van der Waals surface area contributed by atoms with E-state index in [1.165, 1.54) is 10.4 Å². The first kappa shape index (κ1) is 12.2. The molecule has 4 nitrogen and oxygen atoms in total. The summed E-state index contributed by atoms with van der Waals surface area (Å²) in [5, 5.41) is 2.10. The molecule has 0 saturated carbocycles. The average Bonchev–Trinajstić information content (AvgIpc) is 3.08. The zero-order chi connectivity index (χ0) is 13.1. The van der Waals surface area contributed by atoms with Gasteiger partial charge >= 0.3 is 0 Å². The third-order valence-corrected chi connectivity index (χ3v) is 4.13. The van der Waals surface area contributed by atoms with E-state index in [4.69, 9.17) is 0 Å². The van der Waals surface area contributed by atoms with E-state index in [9.17, 15) is 0 Å². The maximum atomic E-state index is 4.38. The lowest BCUT2D eigenvalue weighted by Gasteiger charge is -2.19. The van der Waals surface area contributed by atoms with Crippen LogP contribution in [-0.4, -0.2) is 28.1 Å². The van der Waals surface area contributed by atoms with E-state index < -0.39 is 0 Å². The summed E-state index contributed by atoms with van der Waals surface area (Å²) in [5.41, 5.74) is 2.36. The molecule has 3 rings (SSSR count). The highest BCUT2D eigenvalue weighted by atomic mass is 32.1.